The van der Waals surface area contributed by atoms with Gasteiger partial charge in [-0.15, -0.1) is 0 Å². The lowest BCUT2D eigenvalue weighted by molar-refractivity contribution is 0.980. The maximum atomic E-state index is 3.36. The van der Waals surface area contributed by atoms with Crippen molar-refractivity contribution in [2.24, 2.45) is 0 Å². The molecule has 2 N–H and O–H groups in total. The van der Waals surface area contributed by atoms with Crippen molar-refractivity contribution in [3.05, 3.63) is 30.6 Å². The van der Waals surface area contributed by atoms with Crippen LogP contribution in [0.15, 0.2) is 30.6 Å². The normalized spacial score (nSPS) is 10.5. The zero-order valence-corrected chi connectivity index (χ0v) is 7.80. The van der Waals surface area contributed by atoms with E-state index in [0.717, 1.165) is 13.0 Å². The van der Waals surface area contributed by atoms with Gasteiger partial charge in [0.2, 0.25) is 0 Å². The van der Waals surface area contributed by atoms with E-state index < -0.39 is 0 Å². The Kier molecular flexibility index (Phi) is 2.21. The van der Waals surface area contributed by atoms with Gasteiger partial charge in [-0.25, -0.2) is 0 Å². The second-order valence-electron chi connectivity index (χ2n) is 3.23. The van der Waals surface area contributed by atoms with Crippen LogP contribution in [0.25, 0.3) is 10.8 Å². The maximum absolute atomic E-state index is 3.36. The van der Waals surface area contributed by atoms with Crippen LogP contribution in [0.1, 0.15) is 13.3 Å². The topological polar surface area (TPSA) is 27.8 Å². The Labute approximate surface area is 78.0 Å². The highest BCUT2D eigenvalue weighted by Gasteiger charge is 1.95. The summed E-state index contributed by atoms with van der Waals surface area (Å²) in [7, 11) is 0. The second kappa shape index (κ2) is 3.52. The van der Waals surface area contributed by atoms with E-state index in [1.165, 1.54) is 16.5 Å². The third-order valence-corrected chi connectivity index (χ3v) is 2.14. The molecule has 0 saturated carbocycles. The number of rotatable bonds is 3. The van der Waals surface area contributed by atoms with Crippen molar-refractivity contribution in [2.45, 2.75) is 13.3 Å². The summed E-state index contributed by atoms with van der Waals surface area (Å²) in [5, 5.41) is 5.89. The number of aromatic nitrogens is 1. The number of hydrogen-bond acceptors (Lipinski definition) is 1. The van der Waals surface area contributed by atoms with Gasteiger partial charge in [0.1, 0.15) is 0 Å². The zero-order chi connectivity index (χ0) is 9.10. The number of anilines is 1. The van der Waals surface area contributed by atoms with Crippen LogP contribution in [0.5, 0.6) is 0 Å². The van der Waals surface area contributed by atoms with E-state index in [1.54, 1.807) is 0 Å². The number of aromatic amines is 1. The van der Waals surface area contributed by atoms with Gasteiger partial charge in [0.15, 0.2) is 0 Å². The maximum Gasteiger partial charge on any atom is 0.0347 e. The van der Waals surface area contributed by atoms with Crippen LogP contribution in [0.4, 0.5) is 5.69 Å². The van der Waals surface area contributed by atoms with Crippen molar-refractivity contribution in [1.29, 1.82) is 0 Å². The van der Waals surface area contributed by atoms with Crippen LogP contribution in [0, 0.1) is 0 Å². The molecule has 0 amide bonds. The van der Waals surface area contributed by atoms with Crippen LogP contribution >= 0.6 is 0 Å². The standard InChI is InChI=1S/C11H14N2/c1-2-5-13-11-4-3-9-7-12-8-10(9)6-11/h3-4,6-8,12-13H,2,5H2,1H3. The van der Waals surface area contributed by atoms with E-state index >= 15 is 0 Å². The lowest BCUT2D eigenvalue weighted by atomic mass is 10.2. The van der Waals surface area contributed by atoms with E-state index in [4.69, 9.17) is 0 Å². The molecular weight excluding hydrogens is 160 g/mol. The average molecular weight is 174 g/mol. The molecule has 0 atom stereocenters. The minimum atomic E-state index is 1.04. The van der Waals surface area contributed by atoms with Gasteiger partial charge in [0.05, 0.1) is 0 Å². The third kappa shape index (κ3) is 1.66. The zero-order valence-electron chi connectivity index (χ0n) is 7.80. The van der Waals surface area contributed by atoms with Crippen LogP contribution in [-0.4, -0.2) is 11.5 Å². The molecule has 68 valence electrons. The molecule has 0 aliphatic heterocycles. The number of nitrogens with one attached hydrogen (secondary N) is 2. The van der Waals surface area contributed by atoms with Crippen molar-refractivity contribution >= 4 is 16.5 Å². The first-order valence-electron chi connectivity index (χ1n) is 4.70. The van der Waals surface area contributed by atoms with E-state index in [0.29, 0.717) is 0 Å². The Balaban J connectivity index is 2.26. The minimum Gasteiger partial charge on any atom is -0.385 e. The van der Waals surface area contributed by atoms with Crippen LogP contribution in [0.3, 0.4) is 0 Å². The molecule has 2 rings (SSSR count). The molecule has 0 saturated heterocycles. The molecular formula is C11H14N2. The summed E-state index contributed by atoms with van der Waals surface area (Å²) in [5.74, 6) is 0. The van der Waals surface area contributed by atoms with E-state index in [9.17, 15) is 0 Å². The monoisotopic (exact) mass is 174 g/mol. The van der Waals surface area contributed by atoms with Crippen molar-refractivity contribution in [3.63, 3.8) is 0 Å². The summed E-state index contributed by atoms with van der Waals surface area (Å²) < 4.78 is 0. The van der Waals surface area contributed by atoms with E-state index in [-0.39, 0.29) is 0 Å². The summed E-state index contributed by atoms with van der Waals surface area (Å²) in [6.07, 6.45) is 5.19. The highest BCUT2D eigenvalue weighted by molar-refractivity contribution is 5.85. The first-order valence-corrected chi connectivity index (χ1v) is 4.70. The number of hydrogen-bond donors (Lipinski definition) is 2. The van der Waals surface area contributed by atoms with Gasteiger partial charge >= 0.3 is 0 Å². The van der Waals surface area contributed by atoms with Gasteiger partial charge < -0.3 is 10.3 Å². The van der Waals surface area contributed by atoms with E-state index in [2.05, 4.69) is 35.4 Å². The Morgan fingerprint density at radius 3 is 2.92 bits per heavy atom. The summed E-state index contributed by atoms with van der Waals surface area (Å²) in [4.78, 5) is 3.09. The average Bonchev–Trinajstić information content (AvgIpc) is 2.61. The van der Waals surface area contributed by atoms with Crippen LogP contribution in [-0.2, 0) is 0 Å². The van der Waals surface area contributed by atoms with Crippen molar-refractivity contribution in [1.82, 2.24) is 4.98 Å². The predicted octanol–water partition coefficient (Wildman–Crippen LogP) is 2.99. The Bertz CT molecular complexity index is 390. The number of H-pyrrole nitrogens is 1. The van der Waals surface area contributed by atoms with E-state index in [1.807, 2.05) is 12.4 Å². The van der Waals surface area contributed by atoms with Crippen molar-refractivity contribution in [2.75, 3.05) is 11.9 Å². The molecule has 2 nitrogen and oxygen atoms in total. The summed E-state index contributed by atoms with van der Waals surface area (Å²) in [5.41, 5.74) is 1.20. The number of benzene rings is 1. The molecule has 0 aliphatic rings. The highest BCUT2D eigenvalue weighted by Crippen LogP contribution is 2.18. The molecule has 13 heavy (non-hydrogen) atoms. The summed E-state index contributed by atoms with van der Waals surface area (Å²) in [6.45, 7) is 3.21. The van der Waals surface area contributed by atoms with Gasteiger partial charge in [-0.2, -0.15) is 0 Å². The molecule has 0 spiro atoms. The molecule has 1 aromatic carbocycles. The van der Waals surface area contributed by atoms with Crippen LogP contribution < -0.4 is 5.32 Å². The van der Waals surface area contributed by atoms with Crippen LogP contribution in [0.2, 0.25) is 0 Å². The number of fused-ring (bicyclic) bond motifs is 1. The van der Waals surface area contributed by atoms with Gasteiger partial charge in [0, 0.05) is 30.0 Å². The van der Waals surface area contributed by atoms with Gasteiger partial charge in [-0.3, -0.25) is 0 Å². The summed E-state index contributed by atoms with van der Waals surface area (Å²) in [6, 6.07) is 6.41. The molecule has 1 aromatic heterocycles. The SMILES string of the molecule is CCCNc1ccc2c[nH]cc2c1. The molecule has 2 heteroatoms. The van der Waals surface area contributed by atoms with Gasteiger partial charge in [-0.05, 0) is 23.9 Å². The first kappa shape index (κ1) is 8.17. The molecule has 0 aliphatic carbocycles. The van der Waals surface area contributed by atoms with Crippen molar-refractivity contribution in [3.8, 4) is 0 Å². The molecule has 2 aromatic rings. The summed E-state index contributed by atoms with van der Waals surface area (Å²) >= 11 is 0. The lowest BCUT2D eigenvalue weighted by Gasteiger charge is -2.03. The second-order valence-corrected chi connectivity index (χ2v) is 3.23. The molecule has 0 bridgehead atoms. The minimum absolute atomic E-state index is 1.04. The van der Waals surface area contributed by atoms with Gasteiger partial charge in [-0.1, -0.05) is 13.0 Å². The Morgan fingerprint density at radius 2 is 2.08 bits per heavy atom. The predicted molar refractivity (Wildman–Crippen MR) is 57.1 cm³/mol. The Morgan fingerprint density at radius 1 is 1.23 bits per heavy atom. The molecule has 0 fully saturated rings. The Hall–Kier alpha value is -1.44. The fourth-order valence-corrected chi connectivity index (χ4v) is 1.43. The quantitative estimate of drug-likeness (QED) is 0.735. The lowest BCUT2D eigenvalue weighted by Crippen LogP contribution is -1.98. The molecule has 1 heterocycles. The fourth-order valence-electron chi connectivity index (χ4n) is 1.43. The third-order valence-electron chi connectivity index (χ3n) is 2.14. The molecule has 0 radical (unpaired) electrons. The fraction of sp³-hybridized carbons (Fsp3) is 0.273. The smallest absolute Gasteiger partial charge is 0.0347 e. The largest absolute Gasteiger partial charge is 0.385 e. The first-order chi connectivity index (χ1) is 6.40. The van der Waals surface area contributed by atoms with Gasteiger partial charge in [0.25, 0.3) is 0 Å². The molecule has 0 unspecified atom stereocenters. The van der Waals surface area contributed by atoms with Crippen molar-refractivity contribution < 1.29 is 0 Å². The highest BCUT2D eigenvalue weighted by atomic mass is 14.9.